The van der Waals surface area contributed by atoms with E-state index < -0.39 is 0 Å². The summed E-state index contributed by atoms with van der Waals surface area (Å²) in [6, 6.07) is 35.8. The van der Waals surface area contributed by atoms with Crippen molar-refractivity contribution in [1.82, 2.24) is 9.13 Å². The first-order valence-electron chi connectivity index (χ1n) is 12.1. The Morgan fingerprint density at radius 2 is 0.806 bits per heavy atom. The van der Waals surface area contributed by atoms with Crippen LogP contribution in [0.5, 0.6) is 0 Å². The van der Waals surface area contributed by atoms with E-state index in [4.69, 9.17) is 0 Å². The van der Waals surface area contributed by atoms with Gasteiger partial charge in [-0.2, -0.15) is 0 Å². The molecular weight excluding hydrogens is 444 g/mol. The minimum Gasteiger partial charge on any atom is -0.333 e. The number of fused-ring (bicyclic) bond motifs is 6. The van der Waals surface area contributed by atoms with Crippen molar-refractivity contribution in [1.29, 1.82) is 0 Å². The zero-order valence-corrected chi connectivity index (χ0v) is 19.5. The van der Waals surface area contributed by atoms with Gasteiger partial charge in [0, 0.05) is 34.9 Å². The Kier molecular flexibility index (Phi) is 4.55. The SMILES string of the molecule is O=C1c2c(n(Cc3ccccc3)c3ccccc23)C(=O)c2c1n(Cc1ccccc1)c1ccccc21. The van der Waals surface area contributed by atoms with Crippen LogP contribution in [-0.4, -0.2) is 20.7 Å². The summed E-state index contributed by atoms with van der Waals surface area (Å²) in [5.74, 6) is -0.176. The quantitative estimate of drug-likeness (QED) is 0.298. The lowest BCUT2D eigenvalue weighted by atomic mass is 9.90. The van der Waals surface area contributed by atoms with Crippen LogP contribution in [0, 0.1) is 0 Å². The molecule has 0 fully saturated rings. The third-order valence-corrected chi connectivity index (χ3v) is 7.19. The molecule has 0 N–H and O–H groups in total. The molecule has 2 aromatic heterocycles. The minimum atomic E-state index is -0.0882. The molecule has 6 aromatic rings. The molecule has 0 radical (unpaired) electrons. The molecule has 0 amide bonds. The van der Waals surface area contributed by atoms with E-state index >= 15 is 0 Å². The van der Waals surface area contributed by atoms with Gasteiger partial charge in [0.15, 0.2) is 0 Å². The van der Waals surface area contributed by atoms with Crippen LogP contribution in [0.3, 0.4) is 0 Å². The molecule has 172 valence electrons. The molecule has 1 aliphatic rings. The highest BCUT2D eigenvalue weighted by molar-refractivity contribution is 6.35. The first kappa shape index (κ1) is 20.7. The number of carbonyl (C=O) groups is 2. The van der Waals surface area contributed by atoms with E-state index in [9.17, 15) is 9.59 Å². The number of benzene rings is 4. The molecule has 4 heteroatoms. The van der Waals surface area contributed by atoms with Gasteiger partial charge in [0.1, 0.15) is 11.4 Å². The highest BCUT2D eigenvalue weighted by Crippen LogP contribution is 2.40. The molecule has 0 aliphatic heterocycles. The van der Waals surface area contributed by atoms with Gasteiger partial charge in [-0.25, -0.2) is 0 Å². The monoisotopic (exact) mass is 466 g/mol. The molecule has 0 spiro atoms. The van der Waals surface area contributed by atoms with E-state index in [1.165, 1.54) is 0 Å². The number of rotatable bonds is 4. The van der Waals surface area contributed by atoms with Crippen molar-refractivity contribution in [3.63, 3.8) is 0 Å². The Bertz CT molecular complexity index is 1670. The molecule has 0 saturated heterocycles. The summed E-state index contributed by atoms with van der Waals surface area (Å²) in [7, 11) is 0. The largest absolute Gasteiger partial charge is 0.333 e. The average Bonchev–Trinajstić information content (AvgIpc) is 3.43. The van der Waals surface area contributed by atoms with Crippen LogP contribution in [0.4, 0.5) is 0 Å². The predicted octanol–water partition coefficient (Wildman–Crippen LogP) is 6.47. The van der Waals surface area contributed by atoms with Gasteiger partial charge in [0.2, 0.25) is 11.6 Å². The van der Waals surface area contributed by atoms with Crippen molar-refractivity contribution in [3.05, 3.63) is 143 Å². The lowest BCUT2D eigenvalue weighted by Crippen LogP contribution is -2.25. The maximum Gasteiger partial charge on any atom is 0.213 e. The second-order valence-corrected chi connectivity index (χ2v) is 9.28. The van der Waals surface area contributed by atoms with E-state index in [0.717, 1.165) is 32.9 Å². The Morgan fingerprint density at radius 3 is 1.22 bits per heavy atom. The molecule has 0 bridgehead atoms. The second-order valence-electron chi connectivity index (χ2n) is 9.28. The smallest absolute Gasteiger partial charge is 0.213 e. The topological polar surface area (TPSA) is 44.0 Å². The number of hydrogen-bond donors (Lipinski definition) is 0. The van der Waals surface area contributed by atoms with Crippen molar-refractivity contribution in [2.24, 2.45) is 0 Å². The van der Waals surface area contributed by atoms with E-state index in [1.54, 1.807) is 0 Å². The number of hydrogen-bond acceptors (Lipinski definition) is 2. The molecule has 0 unspecified atom stereocenters. The Hall–Kier alpha value is -4.70. The predicted molar refractivity (Wildman–Crippen MR) is 142 cm³/mol. The molecular formula is C32H22N2O2. The number of aromatic nitrogens is 2. The maximum atomic E-state index is 14.3. The van der Waals surface area contributed by atoms with Gasteiger partial charge < -0.3 is 9.13 Å². The summed E-state index contributed by atoms with van der Waals surface area (Å²) < 4.78 is 4.04. The Morgan fingerprint density at radius 1 is 0.444 bits per heavy atom. The lowest BCUT2D eigenvalue weighted by Gasteiger charge is -2.18. The summed E-state index contributed by atoms with van der Waals surface area (Å²) in [5, 5.41) is 1.65. The summed E-state index contributed by atoms with van der Waals surface area (Å²) in [6.45, 7) is 1.04. The van der Waals surface area contributed by atoms with Crippen molar-refractivity contribution in [3.8, 4) is 0 Å². The second kappa shape index (κ2) is 7.92. The molecule has 36 heavy (non-hydrogen) atoms. The highest BCUT2D eigenvalue weighted by Gasteiger charge is 2.39. The average molecular weight is 467 g/mol. The summed E-state index contributed by atoms with van der Waals surface area (Å²) in [4.78, 5) is 28.7. The van der Waals surface area contributed by atoms with Gasteiger partial charge in [0.25, 0.3) is 0 Å². The van der Waals surface area contributed by atoms with Gasteiger partial charge in [-0.1, -0.05) is 97.1 Å². The van der Waals surface area contributed by atoms with Crippen LogP contribution in [0.25, 0.3) is 21.8 Å². The summed E-state index contributed by atoms with van der Waals surface area (Å²) >= 11 is 0. The molecule has 0 saturated carbocycles. The maximum absolute atomic E-state index is 14.3. The summed E-state index contributed by atoms with van der Waals surface area (Å²) in [6.07, 6.45) is 0. The highest BCUT2D eigenvalue weighted by atomic mass is 16.1. The fraction of sp³-hybridized carbons (Fsp3) is 0.0625. The standard InChI is InChI=1S/C32H22N2O2/c35-31-28-24-16-8-10-18-26(24)34(20-22-13-5-2-6-14-22)30(28)32(36)27-23-15-7-9-17-25(23)33(29(27)31)19-21-11-3-1-4-12-21/h1-18H,19-20H2. The fourth-order valence-corrected chi connectivity index (χ4v) is 5.64. The van der Waals surface area contributed by atoms with Gasteiger partial charge in [-0.15, -0.1) is 0 Å². The van der Waals surface area contributed by atoms with E-state index in [1.807, 2.05) is 118 Å². The zero-order chi connectivity index (χ0) is 24.2. The number of ketones is 2. The van der Waals surface area contributed by atoms with E-state index in [-0.39, 0.29) is 11.6 Å². The molecule has 7 rings (SSSR count). The zero-order valence-electron chi connectivity index (χ0n) is 19.5. The number of para-hydroxylation sites is 2. The van der Waals surface area contributed by atoms with Crippen molar-refractivity contribution in [2.45, 2.75) is 13.1 Å². The van der Waals surface area contributed by atoms with Crippen LogP contribution in [0.2, 0.25) is 0 Å². The molecule has 1 aliphatic carbocycles. The lowest BCUT2D eigenvalue weighted by molar-refractivity contribution is 0.0970. The van der Waals surface area contributed by atoms with Gasteiger partial charge in [-0.3, -0.25) is 9.59 Å². The first-order valence-corrected chi connectivity index (χ1v) is 12.1. The third kappa shape index (κ3) is 2.94. The number of carbonyl (C=O) groups excluding carboxylic acids is 2. The normalized spacial score (nSPS) is 12.8. The Balaban J connectivity index is 1.51. The van der Waals surface area contributed by atoms with Crippen molar-refractivity contribution < 1.29 is 9.59 Å². The van der Waals surface area contributed by atoms with Crippen LogP contribution in [-0.2, 0) is 13.1 Å². The molecule has 4 aromatic carbocycles. The van der Waals surface area contributed by atoms with Crippen molar-refractivity contribution in [2.75, 3.05) is 0 Å². The molecule has 4 nitrogen and oxygen atoms in total. The van der Waals surface area contributed by atoms with Crippen molar-refractivity contribution >= 4 is 33.4 Å². The molecule has 2 heterocycles. The van der Waals surface area contributed by atoms with Gasteiger partial charge in [0.05, 0.1) is 11.1 Å². The summed E-state index contributed by atoms with van der Waals surface area (Å²) in [5.41, 5.74) is 5.96. The minimum absolute atomic E-state index is 0.0882. The van der Waals surface area contributed by atoms with Crippen LogP contribution < -0.4 is 0 Å². The van der Waals surface area contributed by atoms with Gasteiger partial charge >= 0.3 is 0 Å². The molecule has 0 atom stereocenters. The fourth-order valence-electron chi connectivity index (χ4n) is 5.64. The van der Waals surface area contributed by atoms with Crippen LogP contribution in [0.15, 0.2) is 109 Å². The Labute approximate surface area is 208 Å². The van der Waals surface area contributed by atoms with Crippen LogP contribution in [0.1, 0.15) is 43.2 Å². The van der Waals surface area contributed by atoms with Gasteiger partial charge in [-0.05, 0) is 23.3 Å². The third-order valence-electron chi connectivity index (χ3n) is 7.19. The van der Waals surface area contributed by atoms with Crippen LogP contribution >= 0.6 is 0 Å². The van der Waals surface area contributed by atoms with E-state index in [2.05, 4.69) is 0 Å². The number of nitrogens with zero attached hydrogens (tertiary/aromatic N) is 2. The first-order chi connectivity index (χ1) is 17.7. The van der Waals surface area contributed by atoms with E-state index in [0.29, 0.717) is 35.6 Å².